The summed E-state index contributed by atoms with van der Waals surface area (Å²) in [5, 5.41) is 8.02. The summed E-state index contributed by atoms with van der Waals surface area (Å²) >= 11 is 1.44. The Hall–Kier alpha value is -2.58. The Labute approximate surface area is 161 Å². The van der Waals surface area contributed by atoms with Crippen LogP contribution in [0.3, 0.4) is 0 Å². The Morgan fingerprint density at radius 2 is 2.07 bits per heavy atom. The van der Waals surface area contributed by atoms with Crippen molar-refractivity contribution in [1.29, 1.82) is 0 Å². The number of amides is 1. The molecule has 7 nitrogen and oxygen atoms in total. The van der Waals surface area contributed by atoms with E-state index in [0.29, 0.717) is 24.4 Å². The van der Waals surface area contributed by atoms with Crippen LogP contribution in [0, 0.1) is 20.8 Å². The molecular formula is C19H22N4O3S. The van der Waals surface area contributed by atoms with E-state index in [-0.39, 0.29) is 18.0 Å². The molecule has 2 aromatic heterocycles. The van der Waals surface area contributed by atoms with E-state index in [1.54, 1.807) is 7.11 Å². The maximum Gasteiger partial charge on any atom is 0.294 e. The summed E-state index contributed by atoms with van der Waals surface area (Å²) in [6, 6.07) is 6.08. The van der Waals surface area contributed by atoms with Crippen molar-refractivity contribution in [3.05, 3.63) is 44.7 Å². The Morgan fingerprint density at radius 3 is 2.78 bits per heavy atom. The van der Waals surface area contributed by atoms with Gasteiger partial charge in [-0.1, -0.05) is 23.8 Å². The van der Waals surface area contributed by atoms with Crippen molar-refractivity contribution in [3.63, 3.8) is 0 Å². The molecule has 0 radical (unpaired) electrons. The third kappa shape index (κ3) is 4.06. The van der Waals surface area contributed by atoms with Crippen LogP contribution in [-0.2, 0) is 16.1 Å². The number of ether oxygens (including phenoxy) is 1. The van der Waals surface area contributed by atoms with Crippen LogP contribution in [0.5, 0.6) is 0 Å². The second kappa shape index (κ2) is 7.98. The highest BCUT2D eigenvalue weighted by molar-refractivity contribution is 7.19. The number of aromatic nitrogens is 3. The first-order valence-corrected chi connectivity index (χ1v) is 9.44. The van der Waals surface area contributed by atoms with Crippen molar-refractivity contribution in [2.24, 2.45) is 0 Å². The van der Waals surface area contributed by atoms with Gasteiger partial charge in [-0.3, -0.25) is 9.59 Å². The van der Waals surface area contributed by atoms with Gasteiger partial charge in [-0.25, -0.2) is 9.67 Å². The second-order valence-electron chi connectivity index (χ2n) is 6.38. The monoisotopic (exact) mass is 386 g/mol. The van der Waals surface area contributed by atoms with Gasteiger partial charge in [0.1, 0.15) is 12.2 Å². The molecule has 0 aliphatic heterocycles. The van der Waals surface area contributed by atoms with E-state index in [0.717, 1.165) is 26.4 Å². The van der Waals surface area contributed by atoms with E-state index < -0.39 is 0 Å². The molecule has 0 saturated heterocycles. The molecule has 27 heavy (non-hydrogen) atoms. The molecule has 0 unspecified atom stereocenters. The van der Waals surface area contributed by atoms with Crippen LogP contribution in [0.15, 0.2) is 23.0 Å². The van der Waals surface area contributed by atoms with E-state index in [9.17, 15) is 9.59 Å². The molecule has 1 amide bonds. The van der Waals surface area contributed by atoms with Crippen LogP contribution in [0.1, 0.15) is 16.1 Å². The predicted molar refractivity (Wildman–Crippen MR) is 106 cm³/mol. The molecular weight excluding hydrogens is 364 g/mol. The molecule has 0 aliphatic carbocycles. The largest absolute Gasteiger partial charge is 0.383 e. The highest BCUT2D eigenvalue weighted by atomic mass is 32.1. The summed E-state index contributed by atoms with van der Waals surface area (Å²) in [5.41, 5.74) is 3.82. The molecule has 0 fully saturated rings. The van der Waals surface area contributed by atoms with Gasteiger partial charge < -0.3 is 10.1 Å². The van der Waals surface area contributed by atoms with Gasteiger partial charge in [-0.2, -0.15) is 5.10 Å². The zero-order chi connectivity index (χ0) is 19.6. The third-order valence-electron chi connectivity index (χ3n) is 4.17. The van der Waals surface area contributed by atoms with Crippen LogP contribution >= 0.6 is 11.3 Å². The Balaban J connectivity index is 2.09. The summed E-state index contributed by atoms with van der Waals surface area (Å²) in [6.45, 7) is 6.53. The van der Waals surface area contributed by atoms with Crippen molar-refractivity contribution in [2.45, 2.75) is 27.3 Å². The fourth-order valence-corrected chi connectivity index (χ4v) is 3.82. The van der Waals surface area contributed by atoms with Crippen LogP contribution in [0.25, 0.3) is 21.5 Å². The van der Waals surface area contributed by atoms with Gasteiger partial charge in [0.15, 0.2) is 5.52 Å². The van der Waals surface area contributed by atoms with Crippen molar-refractivity contribution in [3.8, 4) is 11.3 Å². The van der Waals surface area contributed by atoms with E-state index in [2.05, 4.69) is 21.5 Å². The number of benzene rings is 1. The number of nitrogens with one attached hydrogen (secondary N) is 1. The minimum atomic E-state index is -0.357. The summed E-state index contributed by atoms with van der Waals surface area (Å²) in [4.78, 5) is 29.3. The average molecular weight is 386 g/mol. The predicted octanol–water partition coefficient (Wildman–Crippen LogP) is 2.21. The lowest BCUT2D eigenvalue weighted by Crippen LogP contribution is -2.35. The molecule has 0 bridgehead atoms. The number of methoxy groups -OCH3 is 1. The number of fused-ring (bicyclic) bond motifs is 1. The van der Waals surface area contributed by atoms with E-state index >= 15 is 0 Å². The van der Waals surface area contributed by atoms with Gasteiger partial charge in [0.25, 0.3) is 5.56 Å². The van der Waals surface area contributed by atoms with Crippen LogP contribution in [-0.4, -0.2) is 40.9 Å². The number of thiazole rings is 1. The number of hydrogen-bond acceptors (Lipinski definition) is 6. The molecule has 142 valence electrons. The van der Waals surface area contributed by atoms with Crippen LogP contribution in [0.4, 0.5) is 0 Å². The lowest BCUT2D eigenvalue weighted by Gasteiger charge is -2.11. The van der Waals surface area contributed by atoms with Gasteiger partial charge in [0.05, 0.1) is 16.3 Å². The molecule has 3 rings (SSSR count). The molecule has 0 aliphatic rings. The Morgan fingerprint density at radius 1 is 1.30 bits per heavy atom. The van der Waals surface area contributed by atoms with E-state index in [1.165, 1.54) is 16.0 Å². The van der Waals surface area contributed by atoms with E-state index in [4.69, 9.17) is 4.74 Å². The molecule has 8 heteroatoms. The number of carbonyl (C=O) groups is 1. The smallest absolute Gasteiger partial charge is 0.294 e. The molecule has 0 atom stereocenters. The summed E-state index contributed by atoms with van der Waals surface area (Å²) in [5.74, 6) is -0.292. The van der Waals surface area contributed by atoms with Gasteiger partial charge in [-0.05, 0) is 26.3 Å². The topological polar surface area (TPSA) is 86.1 Å². The van der Waals surface area contributed by atoms with Gasteiger partial charge in [-0.15, -0.1) is 11.3 Å². The summed E-state index contributed by atoms with van der Waals surface area (Å²) in [6.07, 6.45) is 0. The fourth-order valence-electron chi connectivity index (χ4n) is 2.91. The lowest BCUT2D eigenvalue weighted by atomic mass is 10.0. The van der Waals surface area contributed by atoms with Gasteiger partial charge in [0.2, 0.25) is 5.91 Å². The van der Waals surface area contributed by atoms with Crippen molar-refractivity contribution >= 4 is 27.5 Å². The number of rotatable bonds is 6. The van der Waals surface area contributed by atoms with Crippen molar-refractivity contribution in [1.82, 2.24) is 20.1 Å². The molecule has 1 N–H and O–H groups in total. The number of carbonyl (C=O) groups excluding carboxylic acids is 1. The third-order valence-corrected chi connectivity index (χ3v) is 5.14. The lowest BCUT2D eigenvalue weighted by molar-refractivity contribution is -0.122. The molecule has 1 aromatic carbocycles. The van der Waals surface area contributed by atoms with Gasteiger partial charge in [0, 0.05) is 19.2 Å². The molecule has 2 heterocycles. The van der Waals surface area contributed by atoms with Crippen molar-refractivity contribution in [2.75, 3.05) is 20.3 Å². The highest BCUT2D eigenvalue weighted by Gasteiger charge is 2.18. The van der Waals surface area contributed by atoms with E-state index in [1.807, 2.05) is 32.9 Å². The zero-order valence-electron chi connectivity index (χ0n) is 15.8. The van der Waals surface area contributed by atoms with Crippen LogP contribution in [0.2, 0.25) is 0 Å². The maximum absolute atomic E-state index is 12.8. The Bertz CT molecular complexity index is 1060. The maximum atomic E-state index is 12.8. The zero-order valence-corrected chi connectivity index (χ0v) is 16.6. The second-order valence-corrected chi connectivity index (χ2v) is 7.59. The molecule has 0 spiro atoms. The quantitative estimate of drug-likeness (QED) is 0.657. The normalized spacial score (nSPS) is 11.1. The number of nitrogens with zero attached hydrogens (tertiary/aromatic N) is 3. The summed E-state index contributed by atoms with van der Waals surface area (Å²) in [7, 11) is 1.56. The number of hydrogen-bond donors (Lipinski definition) is 1. The van der Waals surface area contributed by atoms with Gasteiger partial charge >= 0.3 is 0 Å². The standard InChI is InChI=1S/C19H22N4O3S/c1-11-5-6-14(12(2)9-11)16-18-17(21-13(3)27-18)19(25)23(22-16)10-15(24)20-7-8-26-4/h5-6,9H,7-8,10H2,1-4H3,(H,20,24). The first-order chi connectivity index (χ1) is 12.9. The minimum Gasteiger partial charge on any atom is -0.383 e. The SMILES string of the molecule is COCCNC(=O)Cn1nc(-c2ccc(C)cc2C)c2sc(C)nc2c1=O. The average Bonchev–Trinajstić information content (AvgIpc) is 3.00. The summed E-state index contributed by atoms with van der Waals surface area (Å²) < 4.78 is 6.86. The Kier molecular flexibility index (Phi) is 5.67. The fraction of sp³-hybridized carbons (Fsp3) is 0.368. The first-order valence-electron chi connectivity index (χ1n) is 8.62. The minimum absolute atomic E-state index is 0.160. The first kappa shape index (κ1) is 19.2. The molecule has 0 saturated carbocycles. The van der Waals surface area contributed by atoms with Crippen molar-refractivity contribution < 1.29 is 9.53 Å². The van der Waals surface area contributed by atoms with Crippen LogP contribution < -0.4 is 10.9 Å². The molecule has 3 aromatic rings. The number of aryl methyl sites for hydroxylation is 3. The highest BCUT2D eigenvalue weighted by Crippen LogP contribution is 2.31.